The molecule has 1 aromatic rings. The standard InChI is InChI=1S/C13H16O5/c1-8(13(2,16)12(14)15)9-3-4-10-11(7-9)18-6-5-17-10/h3-4,7-8,16H,5-6H2,1-2H3,(H,14,15). The Bertz CT molecular complexity index is 466. The summed E-state index contributed by atoms with van der Waals surface area (Å²) in [5.41, 5.74) is -1.12. The average Bonchev–Trinajstić information content (AvgIpc) is 2.37. The second kappa shape index (κ2) is 4.49. The van der Waals surface area contributed by atoms with Crippen LogP contribution in [0.2, 0.25) is 0 Å². The van der Waals surface area contributed by atoms with Gasteiger partial charge in [-0.1, -0.05) is 13.0 Å². The lowest BCUT2D eigenvalue weighted by molar-refractivity contribution is -0.158. The fraction of sp³-hybridized carbons (Fsp3) is 0.462. The topological polar surface area (TPSA) is 76.0 Å². The first-order chi connectivity index (χ1) is 8.43. The third-order valence-corrected chi connectivity index (χ3v) is 3.34. The van der Waals surface area contributed by atoms with Crippen molar-refractivity contribution < 1.29 is 24.5 Å². The fourth-order valence-corrected chi connectivity index (χ4v) is 1.84. The molecule has 2 rings (SSSR count). The van der Waals surface area contributed by atoms with Crippen LogP contribution in [0.25, 0.3) is 0 Å². The number of hydrogen-bond donors (Lipinski definition) is 2. The second-order valence-corrected chi connectivity index (χ2v) is 4.58. The van der Waals surface area contributed by atoms with Crippen molar-refractivity contribution in [1.29, 1.82) is 0 Å². The molecule has 0 aliphatic carbocycles. The third-order valence-electron chi connectivity index (χ3n) is 3.34. The summed E-state index contributed by atoms with van der Waals surface area (Å²) in [6, 6.07) is 5.20. The Kier molecular flexibility index (Phi) is 3.17. The zero-order chi connectivity index (χ0) is 13.3. The van der Waals surface area contributed by atoms with E-state index in [9.17, 15) is 9.90 Å². The fourth-order valence-electron chi connectivity index (χ4n) is 1.84. The van der Waals surface area contributed by atoms with Crippen molar-refractivity contribution >= 4 is 5.97 Å². The van der Waals surface area contributed by atoms with E-state index >= 15 is 0 Å². The van der Waals surface area contributed by atoms with Crippen LogP contribution in [0.5, 0.6) is 11.5 Å². The van der Waals surface area contributed by atoms with Crippen molar-refractivity contribution in [3.05, 3.63) is 23.8 Å². The number of benzene rings is 1. The molecular weight excluding hydrogens is 236 g/mol. The minimum atomic E-state index is -1.82. The first-order valence-corrected chi connectivity index (χ1v) is 5.78. The van der Waals surface area contributed by atoms with Gasteiger partial charge in [0.1, 0.15) is 13.2 Å². The highest BCUT2D eigenvalue weighted by Gasteiger charge is 2.37. The Hall–Kier alpha value is -1.75. The molecule has 1 heterocycles. The molecule has 1 aliphatic heterocycles. The van der Waals surface area contributed by atoms with E-state index < -0.39 is 17.5 Å². The Balaban J connectivity index is 2.31. The van der Waals surface area contributed by atoms with E-state index in [-0.39, 0.29) is 0 Å². The average molecular weight is 252 g/mol. The molecule has 0 bridgehead atoms. The van der Waals surface area contributed by atoms with E-state index in [0.29, 0.717) is 30.3 Å². The van der Waals surface area contributed by atoms with Crippen LogP contribution in [-0.4, -0.2) is 35.0 Å². The van der Waals surface area contributed by atoms with E-state index in [1.165, 1.54) is 6.92 Å². The van der Waals surface area contributed by atoms with Gasteiger partial charge in [0.05, 0.1) is 0 Å². The number of ether oxygens (including phenoxy) is 2. The summed E-state index contributed by atoms with van der Waals surface area (Å²) >= 11 is 0. The molecule has 5 nitrogen and oxygen atoms in total. The van der Waals surface area contributed by atoms with Gasteiger partial charge in [-0.05, 0) is 24.6 Å². The van der Waals surface area contributed by atoms with Gasteiger partial charge in [0.2, 0.25) is 0 Å². The van der Waals surface area contributed by atoms with Crippen LogP contribution in [0.1, 0.15) is 25.3 Å². The molecule has 1 aromatic carbocycles. The van der Waals surface area contributed by atoms with Crippen LogP contribution in [0.4, 0.5) is 0 Å². The first kappa shape index (κ1) is 12.7. The number of aliphatic hydroxyl groups is 1. The summed E-state index contributed by atoms with van der Waals surface area (Å²) < 4.78 is 10.8. The molecule has 0 spiro atoms. The maximum absolute atomic E-state index is 11.0. The molecule has 18 heavy (non-hydrogen) atoms. The van der Waals surface area contributed by atoms with E-state index in [1.807, 2.05) is 0 Å². The molecule has 0 radical (unpaired) electrons. The van der Waals surface area contributed by atoms with Crippen molar-refractivity contribution in [2.24, 2.45) is 0 Å². The number of carbonyl (C=O) groups is 1. The van der Waals surface area contributed by atoms with E-state index in [1.54, 1.807) is 25.1 Å². The molecule has 0 saturated heterocycles. The van der Waals surface area contributed by atoms with Gasteiger partial charge in [-0.25, -0.2) is 4.79 Å². The van der Waals surface area contributed by atoms with Crippen molar-refractivity contribution in [3.63, 3.8) is 0 Å². The lowest BCUT2D eigenvalue weighted by Gasteiger charge is -2.27. The van der Waals surface area contributed by atoms with Crippen LogP contribution in [-0.2, 0) is 4.79 Å². The summed E-state index contributed by atoms with van der Waals surface area (Å²) in [5, 5.41) is 19.0. The Labute approximate surface area is 105 Å². The van der Waals surface area contributed by atoms with Crippen LogP contribution in [0.3, 0.4) is 0 Å². The van der Waals surface area contributed by atoms with Gasteiger partial charge in [0, 0.05) is 5.92 Å². The number of rotatable bonds is 3. The van der Waals surface area contributed by atoms with E-state index in [0.717, 1.165) is 0 Å². The maximum Gasteiger partial charge on any atom is 0.336 e. The van der Waals surface area contributed by atoms with Gasteiger partial charge in [0.15, 0.2) is 17.1 Å². The highest BCUT2D eigenvalue weighted by atomic mass is 16.6. The summed E-state index contributed by atoms with van der Waals surface area (Å²) in [4.78, 5) is 11.0. The van der Waals surface area contributed by atoms with Crippen molar-refractivity contribution in [2.75, 3.05) is 13.2 Å². The molecular formula is C13H16O5. The summed E-state index contributed by atoms with van der Waals surface area (Å²) in [6.07, 6.45) is 0. The number of hydrogen-bond acceptors (Lipinski definition) is 4. The SMILES string of the molecule is CC(c1ccc2c(c1)OCCO2)C(C)(O)C(=O)O. The molecule has 1 aliphatic rings. The van der Waals surface area contributed by atoms with Crippen LogP contribution >= 0.6 is 0 Å². The predicted octanol–water partition coefficient (Wildman–Crippen LogP) is 1.40. The van der Waals surface area contributed by atoms with E-state index in [2.05, 4.69) is 0 Å². The summed E-state index contributed by atoms with van der Waals surface area (Å²) in [6.45, 7) is 3.94. The van der Waals surface area contributed by atoms with Gasteiger partial charge in [-0.3, -0.25) is 0 Å². The molecule has 0 fully saturated rings. The number of fused-ring (bicyclic) bond motifs is 1. The monoisotopic (exact) mass is 252 g/mol. The quantitative estimate of drug-likeness (QED) is 0.850. The van der Waals surface area contributed by atoms with Crippen LogP contribution < -0.4 is 9.47 Å². The van der Waals surface area contributed by atoms with Crippen LogP contribution in [0, 0.1) is 0 Å². The molecule has 0 amide bonds. The summed E-state index contributed by atoms with van der Waals surface area (Å²) in [5.74, 6) is -0.560. The number of carboxylic acid groups (broad SMARTS) is 1. The third kappa shape index (κ3) is 2.13. The smallest absolute Gasteiger partial charge is 0.336 e. The maximum atomic E-state index is 11.0. The second-order valence-electron chi connectivity index (χ2n) is 4.58. The number of carboxylic acids is 1. The first-order valence-electron chi connectivity index (χ1n) is 5.78. The largest absolute Gasteiger partial charge is 0.486 e. The van der Waals surface area contributed by atoms with Crippen molar-refractivity contribution in [2.45, 2.75) is 25.4 Å². The van der Waals surface area contributed by atoms with Gasteiger partial charge >= 0.3 is 5.97 Å². The normalized spacial score (nSPS) is 18.8. The zero-order valence-electron chi connectivity index (χ0n) is 10.3. The highest BCUT2D eigenvalue weighted by molar-refractivity contribution is 5.78. The Morgan fingerprint density at radius 2 is 1.94 bits per heavy atom. The number of aliphatic carboxylic acids is 1. The van der Waals surface area contributed by atoms with Crippen molar-refractivity contribution in [1.82, 2.24) is 0 Å². The van der Waals surface area contributed by atoms with Gasteiger partial charge in [-0.15, -0.1) is 0 Å². The Morgan fingerprint density at radius 3 is 2.56 bits per heavy atom. The molecule has 5 heteroatoms. The van der Waals surface area contributed by atoms with E-state index in [4.69, 9.17) is 14.6 Å². The molecule has 0 saturated carbocycles. The predicted molar refractivity (Wildman–Crippen MR) is 64.1 cm³/mol. The molecule has 98 valence electrons. The van der Waals surface area contributed by atoms with Gasteiger partial charge < -0.3 is 19.7 Å². The highest BCUT2D eigenvalue weighted by Crippen LogP contribution is 2.36. The minimum Gasteiger partial charge on any atom is -0.486 e. The van der Waals surface area contributed by atoms with Gasteiger partial charge in [0.25, 0.3) is 0 Å². The van der Waals surface area contributed by atoms with Gasteiger partial charge in [-0.2, -0.15) is 0 Å². The lowest BCUT2D eigenvalue weighted by atomic mass is 9.85. The molecule has 2 N–H and O–H groups in total. The molecule has 2 atom stereocenters. The minimum absolute atomic E-state index is 0.472. The molecule has 2 unspecified atom stereocenters. The van der Waals surface area contributed by atoms with Crippen LogP contribution in [0.15, 0.2) is 18.2 Å². The zero-order valence-corrected chi connectivity index (χ0v) is 10.3. The molecule has 0 aromatic heterocycles. The summed E-state index contributed by atoms with van der Waals surface area (Å²) in [7, 11) is 0. The lowest BCUT2D eigenvalue weighted by Crippen LogP contribution is -2.40. The van der Waals surface area contributed by atoms with Crippen molar-refractivity contribution in [3.8, 4) is 11.5 Å². The Morgan fingerprint density at radius 1 is 1.33 bits per heavy atom.